The summed E-state index contributed by atoms with van der Waals surface area (Å²) in [6, 6.07) is 8.87. The molecular formula is C11H13NO2. The molecule has 1 rings (SSSR count). The van der Waals surface area contributed by atoms with Gasteiger partial charge in [0.1, 0.15) is 6.04 Å². The molecule has 0 spiro atoms. The molecule has 0 aliphatic carbocycles. The van der Waals surface area contributed by atoms with Crippen molar-refractivity contribution >= 4 is 12.0 Å². The van der Waals surface area contributed by atoms with E-state index in [4.69, 9.17) is 10.8 Å². The summed E-state index contributed by atoms with van der Waals surface area (Å²) in [5, 5.41) is 8.52. The summed E-state index contributed by atoms with van der Waals surface area (Å²) < 4.78 is 0. The fourth-order valence-corrected chi connectivity index (χ4v) is 1.02. The van der Waals surface area contributed by atoms with Crippen LogP contribution in [-0.4, -0.2) is 17.1 Å². The van der Waals surface area contributed by atoms with Crippen molar-refractivity contribution in [3.8, 4) is 0 Å². The molecule has 1 aromatic rings. The minimum Gasteiger partial charge on any atom is -0.480 e. The molecule has 3 nitrogen and oxygen atoms in total. The van der Waals surface area contributed by atoms with Crippen molar-refractivity contribution in [1.82, 2.24) is 0 Å². The molecule has 0 aliphatic heterocycles. The molecule has 3 N–H and O–H groups in total. The van der Waals surface area contributed by atoms with Gasteiger partial charge in [-0.25, -0.2) is 0 Å². The largest absolute Gasteiger partial charge is 0.480 e. The number of hydrogen-bond donors (Lipinski definition) is 2. The molecule has 0 fully saturated rings. The summed E-state index contributed by atoms with van der Waals surface area (Å²) in [6.45, 7) is 0. The van der Waals surface area contributed by atoms with E-state index in [2.05, 4.69) is 0 Å². The van der Waals surface area contributed by atoms with Crippen LogP contribution in [0.25, 0.3) is 6.08 Å². The van der Waals surface area contributed by atoms with Crippen molar-refractivity contribution < 1.29 is 9.90 Å². The van der Waals surface area contributed by atoms with Gasteiger partial charge in [0, 0.05) is 0 Å². The Morgan fingerprint density at radius 1 is 1.43 bits per heavy atom. The first-order chi connectivity index (χ1) is 6.70. The second kappa shape index (κ2) is 5.19. The number of rotatable bonds is 4. The maximum atomic E-state index is 10.4. The third kappa shape index (κ3) is 3.41. The topological polar surface area (TPSA) is 63.3 Å². The Bertz CT molecular complexity index is 319. The lowest BCUT2D eigenvalue weighted by molar-refractivity contribution is -0.138. The Morgan fingerprint density at radius 3 is 2.64 bits per heavy atom. The van der Waals surface area contributed by atoms with Gasteiger partial charge in [0.25, 0.3) is 0 Å². The number of nitrogens with two attached hydrogens (primary N) is 1. The summed E-state index contributed by atoms with van der Waals surface area (Å²) in [5.74, 6) is -0.970. The zero-order chi connectivity index (χ0) is 10.4. The molecule has 0 bridgehead atoms. The third-order valence-electron chi connectivity index (χ3n) is 1.82. The highest BCUT2D eigenvalue weighted by Gasteiger charge is 2.07. The fraction of sp³-hybridized carbons (Fsp3) is 0.182. The van der Waals surface area contributed by atoms with Gasteiger partial charge < -0.3 is 10.8 Å². The van der Waals surface area contributed by atoms with Gasteiger partial charge in [-0.1, -0.05) is 42.5 Å². The van der Waals surface area contributed by atoms with Gasteiger partial charge in [-0.2, -0.15) is 0 Å². The second-order valence-corrected chi connectivity index (χ2v) is 2.99. The van der Waals surface area contributed by atoms with E-state index >= 15 is 0 Å². The van der Waals surface area contributed by atoms with Crippen LogP contribution in [0.4, 0.5) is 0 Å². The van der Waals surface area contributed by atoms with Gasteiger partial charge in [0.05, 0.1) is 0 Å². The van der Waals surface area contributed by atoms with Crippen LogP contribution >= 0.6 is 0 Å². The Balaban J connectivity index is 2.46. The van der Waals surface area contributed by atoms with Crippen LogP contribution < -0.4 is 5.73 Å². The molecule has 0 radical (unpaired) electrons. The molecule has 1 aromatic carbocycles. The maximum absolute atomic E-state index is 10.4. The Labute approximate surface area is 82.9 Å². The average molecular weight is 191 g/mol. The Hall–Kier alpha value is -1.61. The first kappa shape index (κ1) is 10.5. The minimum absolute atomic E-state index is 0.351. The summed E-state index contributed by atoms with van der Waals surface area (Å²) >= 11 is 0. The van der Waals surface area contributed by atoms with Crippen LogP contribution in [0.3, 0.4) is 0 Å². The van der Waals surface area contributed by atoms with E-state index in [1.807, 2.05) is 36.4 Å². The number of hydrogen-bond acceptors (Lipinski definition) is 2. The van der Waals surface area contributed by atoms with Crippen LogP contribution in [0.5, 0.6) is 0 Å². The maximum Gasteiger partial charge on any atom is 0.320 e. The highest BCUT2D eigenvalue weighted by atomic mass is 16.4. The fourth-order valence-electron chi connectivity index (χ4n) is 1.02. The molecule has 0 aromatic heterocycles. The van der Waals surface area contributed by atoms with Crippen LogP contribution in [0.1, 0.15) is 12.0 Å². The highest BCUT2D eigenvalue weighted by molar-refractivity contribution is 5.73. The van der Waals surface area contributed by atoms with Gasteiger partial charge in [-0.05, 0) is 12.0 Å². The molecule has 0 saturated heterocycles. The number of aliphatic carboxylic acids is 1. The molecule has 0 aliphatic rings. The minimum atomic E-state index is -0.970. The monoisotopic (exact) mass is 191 g/mol. The number of carbonyl (C=O) groups is 1. The summed E-state index contributed by atoms with van der Waals surface area (Å²) in [4.78, 5) is 10.4. The summed E-state index contributed by atoms with van der Waals surface area (Å²) in [7, 11) is 0. The molecule has 14 heavy (non-hydrogen) atoms. The first-order valence-corrected chi connectivity index (χ1v) is 4.40. The predicted octanol–water partition coefficient (Wildman–Crippen LogP) is 1.50. The van der Waals surface area contributed by atoms with Crippen molar-refractivity contribution in [1.29, 1.82) is 0 Å². The van der Waals surface area contributed by atoms with E-state index in [0.717, 1.165) is 5.56 Å². The van der Waals surface area contributed by atoms with E-state index in [-0.39, 0.29) is 0 Å². The standard InChI is InChI=1S/C11H13NO2/c12-10(11(13)14)8-4-7-9-5-2-1-3-6-9/h1-7,10H,8,12H2,(H,13,14)/b7-4-/t10-/m1/s1. The molecule has 0 saturated carbocycles. The average Bonchev–Trinajstić information content (AvgIpc) is 2.19. The molecule has 1 atom stereocenters. The smallest absolute Gasteiger partial charge is 0.320 e. The summed E-state index contributed by atoms with van der Waals surface area (Å²) in [6.07, 6.45) is 3.99. The van der Waals surface area contributed by atoms with E-state index < -0.39 is 12.0 Å². The van der Waals surface area contributed by atoms with E-state index in [1.54, 1.807) is 6.08 Å². The van der Waals surface area contributed by atoms with Crippen molar-refractivity contribution in [2.45, 2.75) is 12.5 Å². The molecular weight excluding hydrogens is 178 g/mol. The van der Waals surface area contributed by atoms with Gasteiger partial charge in [0.2, 0.25) is 0 Å². The number of benzene rings is 1. The van der Waals surface area contributed by atoms with Gasteiger partial charge in [-0.3, -0.25) is 4.79 Å². The lowest BCUT2D eigenvalue weighted by Crippen LogP contribution is -2.29. The first-order valence-electron chi connectivity index (χ1n) is 4.40. The normalized spacial score (nSPS) is 12.9. The lowest BCUT2D eigenvalue weighted by atomic mass is 10.1. The van der Waals surface area contributed by atoms with Crippen LogP contribution in [-0.2, 0) is 4.79 Å². The zero-order valence-corrected chi connectivity index (χ0v) is 7.76. The van der Waals surface area contributed by atoms with Crippen molar-refractivity contribution in [3.05, 3.63) is 42.0 Å². The quantitative estimate of drug-likeness (QED) is 0.758. The molecule has 74 valence electrons. The lowest BCUT2D eigenvalue weighted by Gasteiger charge is -2.00. The third-order valence-corrected chi connectivity index (χ3v) is 1.82. The number of carboxylic acids is 1. The molecule has 0 unspecified atom stereocenters. The number of carboxylic acid groups (broad SMARTS) is 1. The zero-order valence-electron chi connectivity index (χ0n) is 7.76. The molecule has 0 amide bonds. The van der Waals surface area contributed by atoms with Crippen LogP contribution in [0, 0.1) is 0 Å². The highest BCUT2D eigenvalue weighted by Crippen LogP contribution is 2.02. The van der Waals surface area contributed by atoms with E-state index in [9.17, 15) is 4.79 Å². The van der Waals surface area contributed by atoms with Crippen LogP contribution in [0.15, 0.2) is 36.4 Å². The SMILES string of the molecule is N[C@H](C/C=C\c1ccccc1)C(=O)O. The van der Waals surface area contributed by atoms with Gasteiger partial charge in [0.15, 0.2) is 0 Å². The van der Waals surface area contributed by atoms with Crippen molar-refractivity contribution in [2.75, 3.05) is 0 Å². The van der Waals surface area contributed by atoms with E-state index in [0.29, 0.717) is 6.42 Å². The van der Waals surface area contributed by atoms with Crippen LogP contribution in [0.2, 0.25) is 0 Å². The van der Waals surface area contributed by atoms with Gasteiger partial charge in [-0.15, -0.1) is 0 Å². The Kier molecular flexibility index (Phi) is 3.88. The van der Waals surface area contributed by atoms with E-state index in [1.165, 1.54) is 0 Å². The second-order valence-electron chi connectivity index (χ2n) is 2.99. The Morgan fingerprint density at radius 2 is 2.07 bits per heavy atom. The summed E-state index contributed by atoms with van der Waals surface area (Å²) in [5.41, 5.74) is 6.38. The van der Waals surface area contributed by atoms with Gasteiger partial charge >= 0.3 is 5.97 Å². The predicted molar refractivity (Wildman–Crippen MR) is 55.7 cm³/mol. The molecule has 0 heterocycles. The van der Waals surface area contributed by atoms with Crippen molar-refractivity contribution in [2.24, 2.45) is 5.73 Å². The molecule has 3 heteroatoms. The van der Waals surface area contributed by atoms with Crippen molar-refractivity contribution in [3.63, 3.8) is 0 Å².